The molecule has 17 heavy (non-hydrogen) atoms. The van der Waals surface area contributed by atoms with Crippen molar-refractivity contribution in [2.75, 3.05) is 5.73 Å². The molecule has 0 radical (unpaired) electrons. The van der Waals surface area contributed by atoms with E-state index < -0.39 is 0 Å². The van der Waals surface area contributed by atoms with E-state index in [1.54, 1.807) is 6.07 Å². The van der Waals surface area contributed by atoms with Gasteiger partial charge in [-0.05, 0) is 11.6 Å². The van der Waals surface area contributed by atoms with E-state index in [1.807, 2.05) is 24.3 Å². The Bertz CT molecular complexity index is 514. The van der Waals surface area contributed by atoms with Crippen molar-refractivity contribution in [2.45, 2.75) is 10.8 Å². The van der Waals surface area contributed by atoms with Crippen LogP contribution in [0.15, 0.2) is 35.4 Å². The predicted octanol–water partition coefficient (Wildman–Crippen LogP) is 3.66. The molecule has 2 rings (SSSR count). The lowest BCUT2D eigenvalue weighted by atomic mass is 10.2. The number of anilines is 1. The monoisotopic (exact) mass is 285 g/mol. The van der Waals surface area contributed by atoms with Crippen molar-refractivity contribution in [3.05, 3.63) is 46.1 Å². The summed E-state index contributed by atoms with van der Waals surface area (Å²) in [5.74, 6) is 0.895. The topological polar surface area (TPSA) is 51.8 Å². The first kappa shape index (κ1) is 12.5. The van der Waals surface area contributed by atoms with Crippen molar-refractivity contribution in [3.63, 3.8) is 0 Å². The summed E-state index contributed by atoms with van der Waals surface area (Å²) in [5.41, 5.74) is 6.56. The van der Waals surface area contributed by atoms with Crippen LogP contribution >= 0.6 is 35.0 Å². The number of thioether (sulfide) groups is 1. The number of nitrogens with zero attached hydrogens (tertiary/aromatic N) is 2. The molecule has 0 aliphatic carbocycles. The summed E-state index contributed by atoms with van der Waals surface area (Å²) < 4.78 is 0. The maximum Gasteiger partial charge on any atom is 0.222 e. The SMILES string of the molecule is Nc1nc(Cl)cc(SCc2ccccc2Cl)n1. The Morgan fingerprint density at radius 1 is 1.18 bits per heavy atom. The predicted molar refractivity (Wildman–Crippen MR) is 72.5 cm³/mol. The Kier molecular flexibility index (Phi) is 4.10. The smallest absolute Gasteiger partial charge is 0.222 e. The molecule has 0 saturated heterocycles. The van der Waals surface area contributed by atoms with Crippen LogP contribution in [0.3, 0.4) is 0 Å². The average Bonchev–Trinajstić information content (AvgIpc) is 2.27. The van der Waals surface area contributed by atoms with Gasteiger partial charge in [0.05, 0.1) is 0 Å². The third-order valence-corrected chi connectivity index (χ3v) is 3.54. The summed E-state index contributed by atoms with van der Waals surface area (Å²) in [6.45, 7) is 0. The van der Waals surface area contributed by atoms with Gasteiger partial charge in [-0.25, -0.2) is 9.97 Å². The molecule has 88 valence electrons. The molecule has 1 heterocycles. The van der Waals surface area contributed by atoms with Crippen LogP contribution in [0, 0.1) is 0 Å². The van der Waals surface area contributed by atoms with Gasteiger partial charge in [0.25, 0.3) is 0 Å². The first-order valence-electron chi connectivity index (χ1n) is 4.81. The Morgan fingerprint density at radius 3 is 2.65 bits per heavy atom. The zero-order valence-corrected chi connectivity index (χ0v) is 11.1. The molecule has 1 aromatic carbocycles. The highest BCUT2D eigenvalue weighted by Gasteiger charge is 2.04. The van der Waals surface area contributed by atoms with Gasteiger partial charge < -0.3 is 5.73 Å². The first-order chi connectivity index (χ1) is 8.15. The normalized spacial score (nSPS) is 10.5. The third kappa shape index (κ3) is 3.49. The summed E-state index contributed by atoms with van der Waals surface area (Å²) in [7, 11) is 0. The van der Waals surface area contributed by atoms with Gasteiger partial charge in [-0.15, -0.1) is 11.8 Å². The minimum atomic E-state index is 0.180. The van der Waals surface area contributed by atoms with Crippen LogP contribution in [0.25, 0.3) is 0 Å². The Hall–Kier alpha value is -0.970. The quantitative estimate of drug-likeness (QED) is 0.691. The van der Waals surface area contributed by atoms with Gasteiger partial charge in [0.15, 0.2) is 0 Å². The van der Waals surface area contributed by atoms with Crippen LogP contribution in [0.2, 0.25) is 10.2 Å². The van der Waals surface area contributed by atoms with Gasteiger partial charge in [-0.3, -0.25) is 0 Å². The standard InChI is InChI=1S/C11H9Cl2N3S/c12-8-4-2-1-3-7(8)6-17-10-5-9(13)15-11(14)16-10/h1-5H,6H2,(H2,14,15,16). The number of rotatable bonds is 3. The summed E-state index contributed by atoms with van der Waals surface area (Å²) in [5, 5.41) is 1.83. The number of hydrogen-bond acceptors (Lipinski definition) is 4. The van der Waals surface area contributed by atoms with E-state index in [1.165, 1.54) is 11.8 Å². The van der Waals surface area contributed by atoms with Crippen LogP contribution < -0.4 is 5.73 Å². The molecule has 6 heteroatoms. The molecule has 0 amide bonds. The maximum absolute atomic E-state index is 6.06. The van der Waals surface area contributed by atoms with Gasteiger partial charge >= 0.3 is 0 Å². The van der Waals surface area contributed by atoms with Crippen LogP contribution in [-0.4, -0.2) is 9.97 Å². The molecule has 0 unspecified atom stereocenters. The molecule has 2 aromatic rings. The largest absolute Gasteiger partial charge is 0.368 e. The Morgan fingerprint density at radius 2 is 1.94 bits per heavy atom. The van der Waals surface area contributed by atoms with Crippen LogP contribution in [-0.2, 0) is 5.75 Å². The van der Waals surface area contributed by atoms with Crippen molar-refractivity contribution in [1.29, 1.82) is 0 Å². The van der Waals surface area contributed by atoms with Gasteiger partial charge in [-0.2, -0.15) is 0 Å². The highest BCUT2D eigenvalue weighted by Crippen LogP contribution is 2.26. The lowest BCUT2D eigenvalue weighted by Gasteiger charge is -2.04. The highest BCUT2D eigenvalue weighted by atomic mass is 35.5. The van der Waals surface area contributed by atoms with E-state index in [4.69, 9.17) is 28.9 Å². The lowest BCUT2D eigenvalue weighted by Crippen LogP contribution is -1.96. The van der Waals surface area contributed by atoms with Crippen molar-refractivity contribution < 1.29 is 0 Å². The zero-order valence-electron chi connectivity index (χ0n) is 8.73. The van der Waals surface area contributed by atoms with E-state index >= 15 is 0 Å². The number of halogens is 2. The van der Waals surface area contributed by atoms with Gasteiger partial charge in [-0.1, -0.05) is 41.4 Å². The van der Waals surface area contributed by atoms with Crippen molar-refractivity contribution in [2.24, 2.45) is 0 Å². The summed E-state index contributed by atoms with van der Waals surface area (Å²) in [6.07, 6.45) is 0. The average molecular weight is 286 g/mol. The molecule has 0 spiro atoms. The van der Waals surface area contributed by atoms with Gasteiger partial charge in [0.2, 0.25) is 5.95 Å². The molecule has 0 saturated carbocycles. The molecule has 0 aliphatic rings. The number of hydrogen-bond donors (Lipinski definition) is 1. The minimum Gasteiger partial charge on any atom is -0.368 e. The molecular formula is C11H9Cl2N3S. The number of aromatic nitrogens is 2. The van der Waals surface area contributed by atoms with Gasteiger partial charge in [0, 0.05) is 16.8 Å². The second-order valence-electron chi connectivity index (χ2n) is 3.27. The molecule has 0 atom stereocenters. The lowest BCUT2D eigenvalue weighted by molar-refractivity contribution is 1.06. The number of nitrogen functional groups attached to an aromatic ring is 1. The number of benzene rings is 1. The van der Waals surface area contributed by atoms with Crippen molar-refractivity contribution in [3.8, 4) is 0 Å². The fraction of sp³-hybridized carbons (Fsp3) is 0.0909. The summed E-state index contributed by atoms with van der Waals surface area (Å²) >= 11 is 13.4. The van der Waals surface area contributed by atoms with Crippen molar-refractivity contribution >= 4 is 40.9 Å². The summed E-state index contributed by atoms with van der Waals surface area (Å²) in [4.78, 5) is 7.88. The van der Waals surface area contributed by atoms with Gasteiger partial charge in [0.1, 0.15) is 10.2 Å². The van der Waals surface area contributed by atoms with E-state index in [0.717, 1.165) is 15.6 Å². The van der Waals surface area contributed by atoms with Crippen LogP contribution in [0.4, 0.5) is 5.95 Å². The van der Waals surface area contributed by atoms with E-state index in [0.29, 0.717) is 10.9 Å². The van der Waals surface area contributed by atoms with Crippen molar-refractivity contribution in [1.82, 2.24) is 9.97 Å². The molecule has 0 bridgehead atoms. The fourth-order valence-corrected chi connectivity index (χ4v) is 2.70. The first-order valence-corrected chi connectivity index (χ1v) is 6.55. The van der Waals surface area contributed by atoms with E-state index in [2.05, 4.69) is 9.97 Å². The molecule has 2 N–H and O–H groups in total. The third-order valence-electron chi connectivity index (χ3n) is 2.02. The van der Waals surface area contributed by atoms with E-state index in [-0.39, 0.29) is 5.95 Å². The maximum atomic E-state index is 6.06. The second kappa shape index (κ2) is 5.58. The van der Waals surface area contributed by atoms with E-state index in [9.17, 15) is 0 Å². The molecule has 0 aliphatic heterocycles. The highest BCUT2D eigenvalue weighted by molar-refractivity contribution is 7.98. The molecule has 0 fully saturated rings. The summed E-state index contributed by atoms with van der Waals surface area (Å²) in [6, 6.07) is 9.36. The van der Waals surface area contributed by atoms with Crippen LogP contribution in [0.5, 0.6) is 0 Å². The zero-order chi connectivity index (χ0) is 12.3. The Labute approximate surface area is 113 Å². The molecule has 1 aromatic heterocycles. The molecule has 3 nitrogen and oxygen atoms in total. The number of nitrogens with two attached hydrogens (primary N) is 1. The molecular weight excluding hydrogens is 277 g/mol. The fourth-order valence-electron chi connectivity index (χ4n) is 1.25. The minimum absolute atomic E-state index is 0.180. The van der Waals surface area contributed by atoms with Crippen LogP contribution in [0.1, 0.15) is 5.56 Å². The Balaban J connectivity index is 2.10. The second-order valence-corrected chi connectivity index (χ2v) is 5.06.